The van der Waals surface area contributed by atoms with Gasteiger partial charge in [-0.2, -0.15) is 0 Å². The molecule has 1 aromatic rings. The first-order valence-electron chi connectivity index (χ1n) is 4.22. The molecule has 0 spiro atoms. The normalized spacial score (nSPS) is 12.4. The highest BCUT2D eigenvalue weighted by atomic mass is 35.5. The molecule has 0 bridgehead atoms. The van der Waals surface area contributed by atoms with E-state index in [1.54, 1.807) is 0 Å². The molecule has 0 fully saturated rings. The fourth-order valence-corrected chi connectivity index (χ4v) is 1.12. The lowest BCUT2D eigenvalue weighted by Crippen LogP contribution is -2.28. The molecule has 76 valence electrons. The van der Waals surface area contributed by atoms with Crippen molar-refractivity contribution in [2.75, 3.05) is 6.54 Å². The molecule has 4 nitrogen and oxygen atoms in total. The number of benzene rings is 1. The van der Waals surface area contributed by atoms with Crippen molar-refractivity contribution in [1.29, 1.82) is 0 Å². The average Bonchev–Trinajstić information content (AvgIpc) is 2.19. The van der Waals surface area contributed by atoms with Crippen LogP contribution in [0.4, 0.5) is 0 Å². The van der Waals surface area contributed by atoms with Crippen LogP contribution in [-0.2, 0) is 6.54 Å². The number of nitrogens with zero attached hydrogens (tertiary/aromatic N) is 1. The van der Waals surface area contributed by atoms with Gasteiger partial charge in [0.05, 0.1) is 6.54 Å². The Morgan fingerprint density at radius 1 is 1.43 bits per heavy atom. The maximum Gasteiger partial charge on any atom is 0.298 e. The summed E-state index contributed by atoms with van der Waals surface area (Å²) >= 11 is 5.42. The molecule has 0 aliphatic heterocycles. The van der Waals surface area contributed by atoms with Gasteiger partial charge in [0.2, 0.25) is 0 Å². The minimum Gasteiger partial charge on any atom is -0.305 e. The molecule has 1 aromatic carbocycles. The van der Waals surface area contributed by atoms with E-state index in [1.807, 2.05) is 30.3 Å². The molecule has 14 heavy (non-hydrogen) atoms. The molecule has 0 amide bonds. The highest BCUT2D eigenvalue weighted by molar-refractivity contribution is 6.19. The van der Waals surface area contributed by atoms with Crippen molar-refractivity contribution in [1.82, 2.24) is 5.32 Å². The van der Waals surface area contributed by atoms with Crippen LogP contribution in [0.5, 0.6) is 0 Å². The Morgan fingerprint density at radius 2 is 2.07 bits per heavy atom. The first-order chi connectivity index (χ1) is 6.70. The third kappa shape index (κ3) is 3.72. The number of halogens is 1. The van der Waals surface area contributed by atoms with Crippen LogP contribution in [-0.4, -0.2) is 17.0 Å². The Morgan fingerprint density at radius 3 is 2.64 bits per heavy atom. The van der Waals surface area contributed by atoms with Gasteiger partial charge in [-0.3, -0.25) is 10.1 Å². The van der Waals surface area contributed by atoms with Gasteiger partial charge in [0.15, 0.2) is 0 Å². The van der Waals surface area contributed by atoms with Crippen molar-refractivity contribution in [3.8, 4) is 0 Å². The second kappa shape index (κ2) is 5.57. The zero-order valence-corrected chi connectivity index (χ0v) is 8.28. The molecule has 0 heterocycles. The van der Waals surface area contributed by atoms with E-state index in [2.05, 4.69) is 5.32 Å². The number of alkyl halides is 1. The molecule has 0 radical (unpaired) electrons. The van der Waals surface area contributed by atoms with Crippen molar-refractivity contribution in [3.05, 3.63) is 46.0 Å². The Hall–Kier alpha value is -1.13. The maximum absolute atomic E-state index is 10.2. The summed E-state index contributed by atoms with van der Waals surface area (Å²) < 4.78 is 0. The maximum atomic E-state index is 10.2. The summed E-state index contributed by atoms with van der Waals surface area (Å²) in [6.45, 7) is 0.765. The standard InChI is InChI=1S/C9H11ClN2O2/c10-9(12(13)14)7-11-6-8-4-2-1-3-5-8/h1-5,9,11H,6-7H2. The molecule has 1 unspecified atom stereocenters. The van der Waals surface area contributed by atoms with Gasteiger partial charge >= 0.3 is 0 Å². The third-order valence-corrected chi connectivity index (χ3v) is 2.03. The van der Waals surface area contributed by atoms with Gasteiger partial charge in [-0.05, 0) is 17.2 Å². The lowest BCUT2D eigenvalue weighted by molar-refractivity contribution is -0.496. The molecule has 0 aromatic heterocycles. The third-order valence-electron chi connectivity index (χ3n) is 1.71. The first kappa shape index (κ1) is 10.9. The molecule has 1 rings (SSSR count). The Labute approximate surface area is 87.0 Å². The fraction of sp³-hybridized carbons (Fsp3) is 0.333. The zero-order valence-electron chi connectivity index (χ0n) is 7.52. The van der Waals surface area contributed by atoms with Gasteiger partial charge in [-0.15, -0.1) is 0 Å². The predicted octanol–water partition coefficient (Wildman–Crippen LogP) is 1.62. The van der Waals surface area contributed by atoms with E-state index < -0.39 is 10.4 Å². The number of nitro groups is 1. The van der Waals surface area contributed by atoms with E-state index in [4.69, 9.17) is 11.6 Å². The highest BCUT2D eigenvalue weighted by Crippen LogP contribution is 1.99. The SMILES string of the molecule is O=[N+]([O-])C(Cl)CNCc1ccccc1. The Bertz CT molecular complexity index is 292. The van der Waals surface area contributed by atoms with Crippen molar-refractivity contribution in [3.63, 3.8) is 0 Å². The summed E-state index contributed by atoms with van der Waals surface area (Å²) in [7, 11) is 0. The molecule has 0 saturated carbocycles. The zero-order chi connectivity index (χ0) is 10.4. The quantitative estimate of drug-likeness (QED) is 0.351. The molecule has 5 heteroatoms. The van der Waals surface area contributed by atoms with Crippen LogP contribution in [0.1, 0.15) is 5.56 Å². The lowest BCUT2D eigenvalue weighted by atomic mass is 10.2. The van der Waals surface area contributed by atoms with Crippen LogP contribution in [0.25, 0.3) is 0 Å². The van der Waals surface area contributed by atoms with Crippen LogP contribution in [0.2, 0.25) is 0 Å². The van der Waals surface area contributed by atoms with E-state index in [-0.39, 0.29) is 6.54 Å². The topological polar surface area (TPSA) is 55.2 Å². The van der Waals surface area contributed by atoms with Crippen molar-refractivity contribution < 1.29 is 4.92 Å². The minimum atomic E-state index is -1.06. The number of hydrogen-bond donors (Lipinski definition) is 1. The summed E-state index contributed by atoms with van der Waals surface area (Å²) in [4.78, 5) is 9.66. The molecular formula is C9H11ClN2O2. The summed E-state index contributed by atoms with van der Waals surface area (Å²) in [5.41, 5.74) is 0.0263. The van der Waals surface area contributed by atoms with Crippen molar-refractivity contribution >= 4 is 11.6 Å². The molecule has 0 aliphatic carbocycles. The number of rotatable bonds is 5. The van der Waals surface area contributed by atoms with Crippen LogP contribution < -0.4 is 5.32 Å². The number of hydrogen-bond acceptors (Lipinski definition) is 3. The summed E-state index contributed by atoms with van der Waals surface area (Å²) in [6, 6.07) is 9.65. The Kier molecular flexibility index (Phi) is 4.35. The Balaban J connectivity index is 2.26. The van der Waals surface area contributed by atoms with Gasteiger partial charge in [0, 0.05) is 11.5 Å². The summed E-state index contributed by atoms with van der Waals surface area (Å²) in [6.07, 6.45) is 0. The molecule has 1 atom stereocenters. The van der Waals surface area contributed by atoms with Crippen LogP contribution >= 0.6 is 11.6 Å². The second-order valence-corrected chi connectivity index (χ2v) is 3.34. The summed E-state index contributed by atoms with van der Waals surface area (Å²) in [5, 5.41) is 13.1. The second-order valence-electron chi connectivity index (χ2n) is 2.84. The van der Waals surface area contributed by atoms with Crippen LogP contribution in [0.15, 0.2) is 30.3 Å². The smallest absolute Gasteiger partial charge is 0.298 e. The van der Waals surface area contributed by atoms with E-state index in [0.717, 1.165) is 5.56 Å². The van der Waals surface area contributed by atoms with E-state index >= 15 is 0 Å². The highest BCUT2D eigenvalue weighted by Gasteiger charge is 2.13. The van der Waals surface area contributed by atoms with Gasteiger partial charge in [-0.25, -0.2) is 0 Å². The van der Waals surface area contributed by atoms with Crippen LogP contribution in [0, 0.1) is 10.1 Å². The van der Waals surface area contributed by atoms with Crippen molar-refractivity contribution in [2.24, 2.45) is 0 Å². The minimum absolute atomic E-state index is 0.170. The molecule has 0 aliphatic rings. The van der Waals surface area contributed by atoms with Gasteiger partial charge in [0.25, 0.3) is 5.50 Å². The predicted molar refractivity (Wildman–Crippen MR) is 54.8 cm³/mol. The van der Waals surface area contributed by atoms with Gasteiger partial charge < -0.3 is 5.32 Å². The number of nitrogens with one attached hydrogen (secondary N) is 1. The molecular weight excluding hydrogens is 204 g/mol. The van der Waals surface area contributed by atoms with Crippen LogP contribution in [0.3, 0.4) is 0 Å². The molecule has 0 saturated heterocycles. The van der Waals surface area contributed by atoms with Gasteiger partial charge in [-0.1, -0.05) is 30.3 Å². The molecule has 1 N–H and O–H groups in total. The van der Waals surface area contributed by atoms with Crippen molar-refractivity contribution in [2.45, 2.75) is 12.0 Å². The fourth-order valence-electron chi connectivity index (χ4n) is 1.01. The summed E-state index contributed by atoms with van der Waals surface area (Å²) in [5.74, 6) is 0. The average molecular weight is 215 g/mol. The first-order valence-corrected chi connectivity index (χ1v) is 4.66. The van der Waals surface area contributed by atoms with E-state index in [9.17, 15) is 10.1 Å². The van der Waals surface area contributed by atoms with E-state index in [0.29, 0.717) is 6.54 Å². The largest absolute Gasteiger partial charge is 0.305 e. The monoisotopic (exact) mass is 214 g/mol. The lowest BCUT2D eigenvalue weighted by Gasteiger charge is -2.04. The van der Waals surface area contributed by atoms with Gasteiger partial charge in [0.1, 0.15) is 0 Å². The van der Waals surface area contributed by atoms with E-state index in [1.165, 1.54) is 0 Å².